The summed E-state index contributed by atoms with van der Waals surface area (Å²) in [5.74, 6) is -0.586. The van der Waals surface area contributed by atoms with Crippen LogP contribution in [0.15, 0.2) is 28.7 Å². The number of hydrogen-bond acceptors (Lipinski definition) is 4. The molecule has 8 heteroatoms. The number of aryl methyl sites for hydroxylation is 1. The first-order valence-corrected chi connectivity index (χ1v) is 11.0. The number of aromatic amines is 1. The van der Waals surface area contributed by atoms with Crippen LogP contribution in [-0.2, 0) is 4.79 Å². The van der Waals surface area contributed by atoms with Crippen LogP contribution in [-0.4, -0.2) is 41.1 Å². The van der Waals surface area contributed by atoms with E-state index in [4.69, 9.17) is 0 Å². The lowest BCUT2D eigenvalue weighted by Gasteiger charge is -2.20. The number of halogens is 1. The van der Waals surface area contributed by atoms with Gasteiger partial charge in [-0.05, 0) is 60.3 Å². The number of rotatable bonds is 8. The first-order valence-electron chi connectivity index (χ1n) is 10.2. The second-order valence-corrected chi connectivity index (χ2v) is 8.21. The number of nitrogens with one attached hydrogen (secondary N) is 3. The molecule has 0 bridgehead atoms. The van der Waals surface area contributed by atoms with Crippen molar-refractivity contribution in [1.82, 2.24) is 15.5 Å². The Morgan fingerprint density at radius 2 is 2.07 bits per heavy atom. The fourth-order valence-corrected chi connectivity index (χ4v) is 3.81. The zero-order valence-corrected chi connectivity index (χ0v) is 18.5. The first kappa shape index (κ1) is 21.4. The molecule has 1 aromatic carbocycles. The molecule has 2 amide bonds. The minimum Gasteiger partial charge on any atom is -0.371 e. The third-order valence-corrected chi connectivity index (χ3v) is 6.11. The van der Waals surface area contributed by atoms with Gasteiger partial charge in [-0.2, -0.15) is 5.10 Å². The van der Waals surface area contributed by atoms with Crippen molar-refractivity contribution in [3.8, 4) is 0 Å². The smallest absolute Gasteiger partial charge is 0.273 e. The SMILES string of the molecule is CCCCC(NC(=O)c1n[nH]c(C)c1Br)C(=O)Nc1cccc(N2CCCC2)c1. The van der Waals surface area contributed by atoms with Crippen LogP contribution in [0.4, 0.5) is 11.4 Å². The largest absolute Gasteiger partial charge is 0.371 e. The molecule has 1 aliphatic heterocycles. The summed E-state index contributed by atoms with van der Waals surface area (Å²) in [7, 11) is 0. The van der Waals surface area contributed by atoms with E-state index in [0.717, 1.165) is 43.0 Å². The number of carbonyl (C=O) groups excluding carboxylic acids is 2. The predicted molar refractivity (Wildman–Crippen MR) is 118 cm³/mol. The second-order valence-electron chi connectivity index (χ2n) is 7.41. The van der Waals surface area contributed by atoms with Gasteiger partial charge >= 0.3 is 0 Å². The topological polar surface area (TPSA) is 90.1 Å². The number of nitrogens with zero attached hydrogens (tertiary/aromatic N) is 2. The Hall–Kier alpha value is -2.35. The third-order valence-electron chi connectivity index (χ3n) is 5.14. The number of H-pyrrole nitrogens is 1. The van der Waals surface area contributed by atoms with Crippen LogP contribution >= 0.6 is 15.9 Å². The minimum absolute atomic E-state index is 0.214. The molecule has 0 aliphatic carbocycles. The average molecular weight is 462 g/mol. The van der Waals surface area contributed by atoms with Crippen LogP contribution in [0.3, 0.4) is 0 Å². The monoisotopic (exact) mass is 461 g/mol. The molecule has 2 aromatic rings. The van der Waals surface area contributed by atoms with Gasteiger partial charge in [-0.1, -0.05) is 25.8 Å². The normalized spacial score (nSPS) is 14.7. The summed E-state index contributed by atoms with van der Waals surface area (Å²) >= 11 is 3.36. The molecule has 1 unspecified atom stereocenters. The third kappa shape index (κ3) is 5.38. The van der Waals surface area contributed by atoms with Crippen molar-refractivity contribution in [3.63, 3.8) is 0 Å². The molecular weight excluding hydrogens is 434 g/mol. The molecule has 0 radical (unpaired) electrons. The highest BCUT2D eigenvalue weighted by molar-refractivity contribution is 9.10. The summed E-state index contributed by atoms with van der Waals surface area (Å²) < 4.78 is 0.614. The lowest BCUT2D eigenvalue weighted by molar-refractivity contribution is -0.118. The van der Waals surface area contributed by atoms with E-state index in [1.807, 2.05) is 25.1 Å². The molecule has 0 saturated carbocycles. The van der Waals surface area contributed by atoms with Crippen LogP contribution in [0.5, 0.6) is 0 Å². The van der Waals surface area contributed by atoms with Crippen LogP contribution in [0.1, 0.15) is 55.2 Å². The van der Waals surface area contributed by atoms with Crippen molar-refractivity contribution in [2.75, 3.05) is 23.3 Å². The van der Waals surface area contributed by atoms with Gasteiger partial charge in [0.15, 0.2) is 5.69 Å². The average Bonchev–Trinajstić information content (AvgIpc) is 3.36. The Kier molecular flexibility index (Phi) is 7.30. The lowest BCUT2D eigenvalue weighted by Crippen LogP contribution is -2.44. The zero-order chi connectivity index (χ0) is 20.8. The summed E-state index contributed by atoms with van der Waals surface area (Å²) in [6, 6.07) is 7.27. The minimum atomic E-state index is -0.623. The summed E-state index contributed by atoms with van der Waals surface area (Å²) in [6.45, 7) is 5.97. The van der Waals surface area contributed by atoms with E-state index in [0.29, 0.717) is 10.9 Å². The van der Waals surface area contributed by atoms with Crippen molar-refractivity contribution < 1.29 is 9.59 Å². The number of hydrogen-bond donors (Lipinski definition) is 3. The van der Waals surface area contributed by atoms with Crippen molar-refractivity contribution in [2.24, 2.45) is 0 Å². The Morgan fingerprint density at radius 3 is 2.72 bits per heavy atom. The second kappa shape index (κ2) is 9.91. The molecule has 1 saturated heterocycles. The van der Waals surface area contributed by atoms with Gasteiger partial charge in [-0.15, -0.1) is 0 Å². The van der Waals surface area contributed by atoms with Gasteiger partial charge in [-0.25, -0.2) is 0 Å². The maximum atomic E-state index is 12.9. The number of benzene rings is 1. The summed E-state index contributed by atoms with van der Waals surface area (Å²) in [5.41, 5.74) is 2.88. The Labute approximate surface area is 179 Å². The van der Waals surface area contributed by atoms with E-state index in [2.05, 4.69) is 54.7 Å². The zero-order valence-electron chi connectivity index (χ0n) is 16.9. The Bertz CT molecular complexity index is 861. The first-order chi connectivity index (χ1) is 14.0. The molecule has 1 aromatic heterocycles. The fraction of sp³-hybridized carbons (Fsp3) is 0.476. The van der Waals surface area contributed by atoms with Crippen LogP contribution in [0, 0.1) is 6.92 Å². The molecule has 7 nitrogen and oxygen atoms in total. The summed E-state index contributed by atoms with van der Waals surface area (Å²) in [4.78, 5) is 27.9. The van der Waals surface area contributed by atoms with Gasteiger partial charge < -0.3 is 15.5 Å². The quantitative estimate of drug-likeness (QED) is 0.553. The highest BCUT2D eigenvalue weighted by Crippen LogP contribution is 2.24. The molecule has 0 spiro atoms. The molecule has 156 valence electrons. The summed E-state index contributed by atoms with van der Waals surface area (Å²) in [6.07, 6.45) is 4.75. The highest BCUT2D eigenvalue weighted by atomic mass is 79.9. The van der Waals surface area contributed by atoms with Gasteiger partial charge in [-0.3, -0.25) is 14.7 Å². The van der Waals surface area contributed by atoms with Crippen molar-refractivity contribution >= 4 is 39.1 Å². The van der Waals surface area contributed by atoms with Crippen LogP contribution < -0.4 is 15.5 Å². The van der Waals surface area contributed by atoms with Gasteiger partial charge in [0.1, 0.15) is 6.04 Å². The molecule has 3 N–H and O–H groups in total. The van der Waals surface area contributed by atoms with Gasteiger partial charge in [0, 0.05) is 30.2 Å². The van der Waals surface area contributed by atoms with E-state index in [1.54, 1.807) is 0 Å². The Balaban J connectivity index is 1.69. The molecule has 1 atom stereocenters. The van der Waals surface area contributed by atoms with Gasteiger partial charge in [0.2, 0.25) is 5.91 Å². The number of aromatic nitrogens is 2. The maximum Gasteiger partial charge on any atom is 0.273 e. The van der Waals surface area contributed by atoms with E-state index in [1.165, 1.54) is 12.8 Å². The number of carbonyl (C=O) groups is 2. The van der Waals surface area contributed by atoms with Crippen LogP contribution in [0.25, 0.3) is 0 Å². The Morgan fingerprint density at radius 1 is 1.31 bits per heavy atom. The van der Waals surface area contributed by atoms with Gasteiger partial charge in [0.05, 0.1) is 4.47 Å². The molecule has 1 fully saturated rings. The highest BCUT2D eigenvalue weighted by Gasteiger charge is 2.24. The predicted octanol–water partition coefficient (Wildman–Crippen LogP) is 4.01. The van der Waals surface area contributed by atoms with Gasteiger partial charge in [0.25, 0.3) is 5.91 Å². The maximum absolute atomic E-state index is 12.9. The fourth-order valence-electron chi connectivity index (χ4n) is 3.45. The number of amides is 2. The molecule has 1 aliphatic rings. The van der Waals surface area contributed by atoms with Crippen molar-refractivity contribution in [1.29, 1.82) is 0 Å². The van der Waals surface area contributed by atoms with E-state index >= 15 is 0 Å². The number of anilines is 2. The lowest BCUT2D eigenvalue weighted by atomic mass is 10.1. The molecule has 2 heterocycles. The van der Waals surface area contributed by atoms with E-state index in [-0.39, 0.29) is 17.5 Å². The molecular formula is C21H28BrN5O2. The summed E-state index contributed by atoms with van der Waals surface area (Å²) in [5, 5.41) is 12.6. The van der Waals surface area contributed by atoms with Crippen LogP contribution in [0.2, 0.25) is 0 Å². The van der Waals surface area contributed by atoms with Crippen molar-refractivity contribution in [3.05, 3.63) is 40.1 Å². The number of unbranched alkanes of at least 4 members (excludes halogenated alkanes) is 1. The van der Waals surface area contributed by atoms with Crippen molar-refractivity contribution in [2.45, 2.75) is 52.0 Å². The standard InChI is InChI=1S/C21H28BrN5O2/c1-3-4-10-17(24-21(29)19-18(22)14(2)25-26-19)20(28)23-15-8-7-9-16(13-15)27-11-5-6-12-27/h7-9,13,17H,3-6,10-12H2,1-2H3,(H,23,28)(H,24,29)(H,25,26). The molecule has 29 heavy (non-hydrogen) atoms. The molecule has 3 rings (SSSR count). The van der Waals surface area contributed by atoms with E-state index in [9.17, 15) is 9.59 Å². The van der Waals surface area contributed by atoms with E-state index < -0.39 is 6.04 Å².